The van der Waals surface area contributed by atoms with Crippen LogP contribution in [-0.4, -0.2) is 45.0 Å². The van der Waals surface area contributed by atoms with Crippen LogP contribution in [0, 0.1) is 0 Å². The van der Waals surface area contributed by atoms with E-state index < -0.39 is 5.91 Å². The normalized spacial score (nSPS) is 19.2. The lowest BCUT2D eigenvalue weighted by Crippen LogP contribution is -2.38. The Morgan fingerprint density at radius 3 is 2.95 bits per heavy atom. The van der Waals surface area contributed by atoms with E-state index in [1.165, 1.54) is 6.20 Å². The van der Waals surface area contributed by atoms with Crippen LogP contribution in [0.2, 0.25) is 0 Å². The molecule has 1 atom stereocenters. The van der Waals surface area contributed by atoms with Gasteiger partial charge in [0.05, 0.1) is 24.4 Å². The van der Waals surface area contributed by atoms with Gasteiger partial charge in [0.25, 0.3) is 0 Å². The zero-order chi connectivity index (χ0) is 15.5. The molecular weight excluding hydrogens is 282 g/mol. The first-order chi connectivity index (χ1) is 10.6. The molecule has 2 aromatic rings. The molecule has 7 nitrogen and oxygen atoms in total. The molecule has 0 aromatic carbocycles. The number of aryl methyl sites for hydroxylation is 1. The van der Waals surface area contributed by atoms with Crippen LogP contribution in [0.4, 0.5) is 0 Å². The van der Waals surface area contributed by atoms with Crippen molar-refractivity contribution in [1.82, 2.24) is 19.4 Å². The summed E-state index contributed by atoms with van der Waals surface area (Å²) >= 11 is 0. The van der Waals surface area contributed by atoms with Crippen molar-refractivity contribution in [2.45, 2.75) is 12.6 Å². The maximum absolute atomic E-state index is 11.1. The number of pyridine rings is 1. The van der Waals surface area contributed by atoms with Gasteiger partial charge in [-0.25, -0.2) is 4.98 Å². The molecule has 1 aliphatic heterocycles. The summed E-state index contributed by atoms with van der Waals surface area (Å²) in [4.78, 5) is 22.0. The molecule has 1 unspecified atom stereocenters. The summed E-state index contributed by atoms with van der Waals surface area (Å²) in [6.07, 6.45) is 5.14. The first-order valence-corrected chi connectivity index (χ1v) is 7.19. The van der Waals surface area contributed by atoms with Gasteiger partial charge in [-0.2, -0.15) is 0 Å². The van der Waals surface area contributed by atoms with Crippen molar-refractivity contribution in [3.63, 3.8) is 0 Å². The second-order valence-corrected chi connectivity index (χ2v) is 5.38. The van der Waals surface area contributed by atoms with Crippen molar-refractivity contribution in [3.05, 3.63) is 47.8 Å². The Balaban J connectivity index is 1.67. The lowest BCUT2D eigenvalue weighted by atomic mass is 10.1. The van der Waals surface area contributed by atoms with E-state index in [2.05, 4.69) is 14.9 Å². The summed E-state index contributed by atoms with van der Waals surface area (Å²) in [6, 6.07) is 3.49. The van der Waals surface area contributed by atoms with Crippen molar-refractivity contribution < 1.29 is 9.53 Å². The fourth-order valence-electron chi connectivity index (χ4n) is 2.52. The molecule has 0 radical (unpaired) electrons. The highest BCUT2D eigenvalue weighted by atomic mass is 16.5. The van der Waals surface area contributed by atoms with E-state index in [9.17, 15) is 4.79 Å². The van der Waals surface area contributed by atoms with Crippen molar-refractivity contribution in [2.24, 2.45) is 12.8 Å². The molecular formula is C15H19N5O2. The van der Waals surface area contributed by atoms with Gasteiger partial charge in [0, 0.05) is 38.7 Å². The van der Waals surface area contributed by atoms with Crippen molar-refractivity contribution in [2.75, 3.05) is 19.7 Å². The van der Waals surface area contributed by atoms with E-state index >= 15 is 0 Å². The lowest BCUT2D eigenvalue weighted by molar-refractivity contribution is -0.0359. The number of morpholine rings is 1. The average molecular weight is 301 g/mol. The maximum atomic E-state index is 11.1. The van der Waals surface area contributed by atoms with Crippen LogP contribution >= 0.6 is 0 Å². The molecule has 0 bridgehead atoms. The Kier molecular flexibility index (Phi) is 4.17. The Morgan fingerprint density at radius 1 is 1.45 bits per heavy atom. The zero-order valence-corrected chi connectivity index (χ0v) is 12.5. The number of rotatable bonds is 4. The predicted octanol–water partition coefficient (Wildman–Crippen LogP) is 0.488. The topological polar surface area (TPSA) is 86.3 Å². The number of carbonyl (C=O) groups is 1. The van der Waals surface area contributed by atoms with Crippen molar-refractivity contribution >= 4 is 5.91 Å². The molecule has 7 heteroatoms. The smallest absolute Gasteiger partial charge is 0.250 e. The third-order valence-electron chi connectivity index (χ3n) is 3.84. The molecule has 1 fully saturated rings. The lowest BCUT2D eigenvalue weighted by Gasteiger charge is -2.32. The largest absolute Gasteiger partial charge is 0.369 e. The van der Waals surface area contributed by atoms with Gasteiger partial charge in [-0.05, 0) is 12.1 Å². The minimum atomic E-state index is -0.472. The fraction of sp³-hybridized carbons (Fsp3) is 0.400. The molecule has 1 aliphatic rings. The van der Waals surface area contributed by atoms with Gasteiger partial charge in [0.1, 0.15) is 11.9 Å². The number of amides is 1. The minimum Gasteiger partial charge on any atom is -0.369 e. The molecule has 0 spiro atoms. The third-order valence-corrected chi connectivity index (χ3v) is 3.84. The number of nitrogens with zero attached hydrogens (tertiary/aromatic N) is 4. The van der Waals surface area contributed by atoms with Gasteiger partial charge in [-0.15, -0.1) is 0 Å². The Morgan fingerprint density at radius 2 is 2.32 bits per heavy atom. The molecule has 1 saturated heterocycles. The van der Waals surface area contributed by atoms with E-state index in [0.717, 1.165) is 31.2 Å². The number of carbonyl (C=O) groups excluding carboxylic acids is 1. The molecule has 3 heterocycles. The molecule has 2 aromatic heterocycles. The molecule has 22 heavy (non-hydrogen) atoms. The first kappa shape index (κ1) is 14.7. The van der Waals surface area contributed by atoms with E-state index in [1.54, 1.807) is 18.3 Å². The Hall–Kier alpha value is -2.25. The van der Waals surface area contributed by atoms with Crippen LogP contribution in [0.1, 0.15) is 28.0 Å². The quantitative estimate of drug-likeness (QED) is 0.888. The monoisotopic (exact) mass is 301 g/mol. The van der Waals surface area contributed by atoms with Crippen LogP contribution in [0.5, 0.6) is 0 Å². The fourth-order valence-corrected chi connectivity index (χ4v) is 2.52. The second-order valence-electron chi connectivity index (χ2n) is 5.38. The average Bonchev–Trinajstić information content (AvgIpc) is 2.93. The van der Waals surface area contributed by atoms with E-state index in [-0.39, 0.29) is 6.10 Å². The molecule has 0 aliphatic carbocycles. The number of imidazole rings is 1. The summed E-state index contributed by atoms with van der Waals surface area (Å²) in [7, 11) is 1.99. The molecule has 1 amide bonds. The molecule has 0 saturated carbocycles. The highest BCUT2D eigenvalue weighted by Crippen LogP contribution is 2.21. The summed E-state index contributed by atoms with van der Waals surface area (Å²) in [5.41, 5.74) is 6.45. The third kappa shape index (κ3) is 3.15. The summed E-state index contributed by atoms with van der Waals surface area (Å²) in [5, 5.41) is 0. The van der Waals surface area contributed by atoms with Gasteiger partial charge in [0.2, 0.25) is 5.91 Å². The van der Waals surface area contributed by atoms with Crippen LogP contribution < -0.4 is 5.73 Å². The van der Waals surface area contributed by atoms with Gasteiger partial charge >= 0.3 is 0 Å². The van der Waals surface area contributed by atoms with Gasteiger partial charge in [-0.1, -0.05) is 0 Å². The number of primary amides is 1. The van der Waals surface area contributed by atoms with Crippen molar-refractivity contribution in [1.29, 1.82) is 0 Å². The van der Waals surface area contributed by atoms with E-state index in [4.69, 9.17) is 10.5 Å². The number of hydrogen-bond donors (Lipinski definition) is 1. The maximum Gasteiger partial charge on any atom is 0.250 e. The molecule has 116 valence electrons. The Bertz CT molecular complexity index is 652. The standard InChI is InChI=1S/C15H19N5O2/c1-19-5-4-17-14(19)10-20-6-7-22-13(9-20)12-3-2-11(8-18-12)15(16)21/h2-5,8,13H,6-7,9-10H2,1H3,(H2,16,21). The van der Waals surface area contributed by atoms with Gasteiger partial charge < -0.3 is 15.0 Å². The number of nitrogens with two attached hydrogens (primary N) is 1. The second kappa shape index (κ2) is 6.25. The highest BCUT2D eigenvalue weighted by Gasteiger charge is 2.24. The number of hydrogen-bond acceptors (Lipinski definition) is 5. The van der Waals surface area contributed by atoms with Crippen LogP contribution in [-0.2, 0) is 18.3 Å². The van der Waals surface area contributed by atoms with Gasteiger partial charge in [0.15, 0.2) is 0 Å². The SMILES string of the molecule is Cn1ccnc1CN1CCOC(c2ccc(C(N)=O)cn2)C1. The summed E-state index contributed by atoms with van der Waals surface area (Å²) < 4.78 is 7.81. The number of aromatic nitrogens is 3. The highest BCUT2D eigenvalue weighted by molar-refractivity contribution is 5.92. The first-order valence-electron chi connectivity index (χ1n) is 7.19. The van der Waals surface area contributed by atoms with E-state index in [0.29, 0.717) is 12.2 Å². The van der Waals surface area contributed by atoms with E-state index in [1.807, 2.05) is 17.8 Å². The summed E-state index contributed by atoms with van der Waals surface area (Å²) in [6.45, 7) is 3.04. The number of ether oxygens (including phenoxy) is 1. The van der Waals surface area contributed by atoms with Crippen molar-refractivity contribution in [3.8, 4) is 0 Å². The van der Waals surface area contributed by atoms with Crippen LogP contribution in [0.25, 0.3) is 0 Å². The molecule has 3 rings (SSSR count). The van der Waals surface area contributed by atoms with Crippen LogP contribution in [0.3, 0.4) is 0 Å². The minimum absolute atomic E-state index is 0.101. The Labute approximate surface area is 128 Å². The van der Waals surface area contributed by atoms with Gasteiger partial charge in [-0.3, -0.25) is 14.7 Å². The predicted molar refractivity (Wildman–Crippen MR) is 79.9 cm³/mol. The molecule has 2 N–H and O–H groups in total. The zero-order valence-electron chi connectivity index (χ0n) is 12.5. The van der Waals surface area contributed by atoms with Crippen LogP contribution in [0.15, 0.2) is 30.7 Å². The summed E-state index contributed by atoms with van der Waals surface area (Å²) in [5.74, 6) is 0.553.